The smallest absolute Gasteiger partial charge is 0.374 e. The van der Waals surface area contributed by atoms with E-state index in [0.717, 1.165) is 11.1 Å². The number of carbonyl (C=O) groups is 1. The van der Waals surface area contributed by atoms with Gasteiger partial charge in [0, 0.05) is 24.6 Å². The molecule has 40 heavy (non-hydrogen) atoms. The average molecular weight is 554 g/mol. The summed E-state index contributed by atoms with van der Waals surface area (Å²) in [5, 5.41) is 22.9. The van der Waals surface area contributed by atoms with Gasteiger partial charge in [-0.2, -0.15) is 8.78 Å². The van der Waals surface area contributed by atoms with Crippen molar-refractivity contribution in [1.29, 1.82) is 0 Å². The fourth-order valence-electron chi connectivity index (χ4n) is 5.10. The zero-order valence-electron chi connectivity index (χ0n) is 21.4. The summed E-state index contributed by atoms with van der Waals surface area (Å²) in [6.45, 7) is 0. The van der Waals surface area contributed by atoms with Crippen LogP contribution in [-0.4, -0.2) is 33.5 Å². The maximum absolute atomic E-state index is 13.7. The van der Waals surface area contributed by atoms with Crippen molar-refractivity contribution in [3.63, 3.8) is 0 Å². The standard InChI is InChI=1S/C30H27F4N3O3/c31-20-7-3-17(4-8-20)26-16-22(2-1-13-30(33,34)29(39)40)35-27-15-19(6-12-25(27)36-26)28(38)37-24-11-5-18-14-21(32)9-10-23(18)24/h3-4,6-10,12,14-15,24,28,37-38H,1-2,5,11,13,16H2,(H,39,40). The molecule has 0 radical (unpaired) electrons. The van der Waals surface area contributed by atoms with E-state index in [-0.39, 0.29) is 31.1 Å². The second-order valence-electron chi connectivity index (χ2n) is 10.0. The summed E-state index contributed by atoms with van der Waals surface area (Å²) < 4.78 is 54.5. The van der Waals surface area contributed by atoms with Crippen LogP contribution in [0.1, 0.15) is 66.6 Å². The number of nitrogens with zero attached hydrogens (tertiary/aromatic N) is 2. The molecule has 0 saturated heterocycles. The second kappa shape index (κ2) is 11.3. The van der Waals surface area contributed by atoms with Gasteiger partial charge in [0.1, 0.15) is 17.9 Å². The molecular formula is C30H27F4N3O3. The van der Waals surface area contributed by atoms with Crippen LogP contribution in [0.5, 0.6) is 0 Å². The molecule has 0 fully saturated rings. The van der Waals surface area contributed by atoms with Gasteiger partial charge in [-0.05, 0) is 84.3 Å². The average Bonchev–Trinajstić information content (AvgIpc) is 3.20. The third kappa shape index (κ3) is 6.13. The van der Waals surface area contributed by atoms with Gasteiger partial charge < -0.3 is 10.2 Å². The lowest BCUT2D eigenvalue weighted by molar-refractivity contribution is -0.165. The highest BCUT2D eigenvalue weighted by Crippen LogP contribution is 2.37. The van der Waals surface area contributed by atoms with Crippen LogP contribution in [0.15, 0.2) is 70.6 Å². The topological polar surface area (TPSA) is 94.3 Å². The Morgan fingerprint density at radius 3 is 2.50 bits per heavy atom. The molecule has 3 aromatic carbocycles. The maximum atomic E-state index is 13.7. The number of nitrogens with one attached hydrogen (secondary N) is 1. The molecule has 3 N–H and O–H groups in total. The largest absolute Gasteiger partial charge is 0.477 e. The molecule has 0 amide bonds. The minimum Gasteiger partial charge on any atom is -0.477 e. The monoisotopic (exact) mass is 553 g/mol. The van der Waals surface area contributed by atoms with Gasteiger partial charge in [0.05, 0.1) is 17.1 Å². The Morgan fingerprint density at radius 1 is 1.00 bits per heavy atom. The van der Waals surface area contributed by atoms with Crippen molar-refractivity contribution in [2.45, 2.75) is 56.7 Å². The second-order valence-corrected chi connectivity index (χ2v) is 10.0. The quantitative estimate of drug-likeness (QED) is 0.203. The molecule has 10 heteroatoms. The van der Waals surface area contributed by atoms with Gasteiger partial charge in [0.25, 0.3) is 0 Å². The van der Waals surface area contributed by atoms with Crippen molar-refractivity contribution >= 4 is 28.8 Å². The van der Waals surface area contributed by atoms with Gasteiger partial charge in [-0.15, -0.1) is 0 Å². The third-order valence-corrected chi connectivity index (χ3v) is 7.21. The molecule has 6 nitrogen and oxygen atoms in total. The van der Waals surface area contributed by atoms with E-state index in [0.29, 0.717) is 46.8 Å². The highest BCUT2D eigenvalue weighted by atomic mass is 19.3. The predicted molar refractivity (Wildman–Crippen MR) is 143 cm³/mol. The van der Waals surface area contributed by atoms with Crippen LogP contribution in [-0.2, 0) is 11.2 Å². The normalized spacial score (nSPS) is 17.4. The molecule has 0 aromatic heterocycles. The molecule has 2 aliphatic rings. The number of aliphatic carboxylic acids is 1. The van der Waals surface area contributed by atoms with E-state index in [9.17, 15) is 27.5 Å². The van der Waals surface area contributed by atoms with Gasteiger partial charge in [0.2, 0.25) is 0 Å². The summed E-state index contributed by atoms with van der Waals surface area (Å²) >= 11 is 0. The van der Waals surface area contributed by atoms with Crippen molar-refractivity contribution in [1.82, 2.24) is 5.32 Å². The van der Waals surface area contributed by atoms with Crippen molar-refractivity contribution < 1.29 is 32.6 Å². The van der Waals surface area contributed by atoms with Crippen LogP contribution in [0, 0.1) is 11.6 Å². The Labute approximate surface area is 228 Å². The summed E-state index contributed by atoms with van der Waals surface area (Å²) in [5.41, 5.74) is 4.96. The lowest BCUT2D eigenvalue weighted by Gasteiger charge is -2.20. The Kier molecular flexibility index (Phi) is 7.82. The third-order valence-electron chi connectivity index (χ3n) is 7.21. The molecule has 5 rings (SSSR count). The lowest BCUT2D eigenvalue weighted by Crippen LogP contribution is -2.28. The highest BCUT2D eigenvalue weighted by molar-refractivity contribution is 6.15. The number of fused-ring (bicyclic) bond motifs is 2. The molecule has 3 aromatic rings. The van der Waals surface area contributed by atoms with Gasteiger partial charge in [-0.3, -0.25) is 15.3 Å². The lowest BCUT2D eigenvalue weighted by atomic mass is 10.0. The number of carboxylic acids is 1. The summed E-state index contributed by atoms with van der Waals surface area (Å²) in [6.07, 6.45) is -0.328. The molecule has 0 spiro atoms. The number of benzene rings is 3. The number of carboxylic acid groups (broad SMARTS) is 1. The number of aryl methyl sites for hydroxylation is 1. The Morgan fingerprint density at radius 2 is 1.75 bits per heavy atom. The highest BCUT2D eigenvalue weighted by Gasteiger charge is 2.38. The summed E-state index contributed by atoms with van der Waals surface area (Å²) in [5.74, 6) is -6.73. The summed E-state index contributed by atoms with van der Waals surface area (Å²) in [6, 6.07) is 15.3. The molecule has 1 aliphatic heterocycles. The van der Waals surface area contributed by atoms with Crippen LogP contribution in [0.4, 0.5) is 28.9 Å². The number of aliphatic imine (C=N–C) groups is 2. The van der Waals surface area contributed by atoms with Crippen LogP contribution in [0.25, 0.3) is 0 Å². The maximum Gasteiger partial charge on any atom is 0.374 e. The number of alkyl halides is 2. The van der Waals surface area contributed by atoms with E-state index in [1.807, 2.05) is 0 Å². The van der Waals surface area contributed by atoms with E-state index in [4.69, 9.17) is 10.1 Å². The molecule has 2 unspecified atom stereocenters. The van der Waals surface area contributed by atoms with Crippen LogP contribution in [0.3, 0.4) is 0 Å². The zero-order valence-corrected chi connectivity index (χ0v) is 21.4. The first-order valence-corrected chi connectivity index (χ1v) is 13.0. The molecular weight excluding hydrogens is 526 g/mol. The van der Waals surface area contributed by atoms with Crippen LogP contribution < -0.4 is 5.32 Å². The van der Waals surface area contributed by atoms with Gasteiger partial charge in [-0.1, -0.05) is 24.3 Å². The van der Waals surface area contributed by atoms with Gasteiger partial charge in [-0.25, -0.2) is 13.6 Å². The van der Waals surface area contributed by atoms with E-state index < -0.39 is 30.4 Å². The molecule has 1 heterocycles. The Hall–Kier alpha value is -3.89. The summed E-state index contributed by atoms with van der Waals surface area (Å²) in [4.78, 5) is 20.2. The zero-order chi connectivity index (χ0) is 28.4. The van der Waals surface area contributed by atoms with Gasteiger partial charge >= 0.3 is 11.9 Å². The molecule has 0 saturated carbocycles. The van der Waals surface area contributed by atoms with Crippen LogP contribution >= 0.6 is 0 Å². The van der Waals surface area contributed by atoms with Crippen molar-refractivity contribution in [3.05, 3.63) is 94.6 Å². The molecule has 2 atom stereocenters. The van der Waals surface area contributed by atoms with Crippen molar-refractivity contribution in [2.75, 3.05) is 0 Å². The van der Waals surface area contributed by atoms with Crippen molar-refractivity contribution in [3.8, 4) is 0 Å². The fraction of sp³-hybridized carbons (Fsp3) is 0.300. The van der Waals surface area contributed by atoms with E-state index >= 15 is 0 Å². The van der Waals surface area contributed by atoms with Crippen LogP contribution in [0.2, 0.25) is 0 Å². The number of hydrogen-bond acceptors (Lipinski definition) is 5. The molecule has 208 valence electrons. The number of aliphatic hydroxyl groups is 1. The molecule has 1 aliphatic carbocycles. The first-order chi connectivity index (χ1) is 19.1. The number of aliphatic hydroxyl groups excluding tert-OH is 1. The minimum absolute atomic E-state index is 0.100. The van der Waals surface area contributed by atoms with Gasteiger partial charge in [0.15, 0.2) is 0 Å². The number of halogens is 4. The van der Waals surface area contributed by atoms with E-state index in [1.54, 1.807) is 36.4 Å². The van der Waals surface area contributed by atoms with E-state index in [1.165, 1.54) is 24.3 Å². The molecule has 0 bridgehead atoms. The first-order valence-electron chi connectivity index (χ1n) is 13.0. The van der Waals surface area contributed by atoms with Crippen molar-refractivity contribution in [2.24, 2.45) is 9.98 Å². The predicted octanol–water partition coefficient (Wildman–Crippen LogP) is 6.72. The number of rotatable bonds is 9. The minimum atomic E-state index is -3.84. The Balaban J connectivity index is 1.41. The SMILES string of the molecule is O=C(O)C(F)(F)CCCC1=Nc2cc(C(O)NC3CCc4cc(F)ccc43)ccc2N=C(c2ccc(F)cc2)C1. The summed E-state index contributed by atoms with van der Waals surface area (Å²) in [7, 11) is 0. The fourth-order valence-corrected chi connectivity index (χ4v) is 5.10. The van der Waals surface area contributed by atoms with E-state index in [2.05, 4.69) is 10.3 Å². The first kappa shape index (κ1) is 27.7. The Bertz CT molecular complexity index is 1490. The number of hydrogen-bond donors (Lipinski definition) is 3.